The van der Waals surface area contributed by atoms with Gasteiger partial charge in [-0.3, -0.25) is 4.79 Å². The Labute approximate surface area is 171 Å². The van der Waals surface area contributed by atoms with Crippen LogP contribution in [-0.2, 0) is 17.1 Å². The summed E-state index contributed by atoms with van der Waals surface area (Å²) >= 11 is 6.31. The molecule has 146 valence electrons. The number of alkyl halides is 2. The Morgan fingerprint density at radius 1 is 1.14 bits per heavy atom. The Hall–Kier alpha value is -3.12. The minimum Gasteiger partial charge on any atom is -0.321 e. The van der Waals surface area contributed by atoms with Crippen LogP contribution in [0.2, 0.25) is 5.02 Å². The van der Waals surface area contributed by atoms with Crippen molar-refractivity contribution < 1.29 is 13.6 Å². The van der Waals surface area contributed by atoms with E-state index < -0.39 is 11.8 Å². The van der Waals surface area contributed by atoms with Crippen molar-refractivity contribution in [2.75, 3.05) is 5.32 Å². The van der Waals surface area contributed by atoms with E-state index in [1.54, 1.807) is 24.4 Å². The molecule has 3 aromatic rings. The average Bonchev–Trinajstić information content (AvgIpc) is 3.13. The Bertz CT molecular complexity index is 1130. The highest BCUT2D eigenvalue weighted by atomic mass is 35.5. The first-order valence-electron chi connectivity index (χ1n) is 8.92. The number of hydrogen-bond acceptors (Lipinski definition) is 3. The number of carbonyl (C=O) groups is 1. The molecule has 1 N–H and O–H groups in total. The second kappa shape index (κ2) is 7.37. The topological polar surface area (TPSA) is 54.4 Å². The highest BCUT2D eigenvalue weighted by Gasteiger charge is 2.40. The predicted molar refractivity (Wildman–Crippen MR) is 109 cm³/mol. The molecule has 0 spiro atoms. The summed E-state index contributed by atoms with van der Waals surface area (Å²) in [4.78, 5) is 21.0. The van der Waals surface area contributed by atoms with Gasteiger partial charge in [0.05, 0.1) is 5.71 Å². The summed E-state index contributed by atoms with van der Waals surface area (Å²) in [5.74, 6) is -4.46. The van der Waals surface area contributed by atoms with Gasteiger partial charge in [0.2, 0.25) is 0 Å². The molecule has 0 aliphatic carbocycles. The van der Waals surface area contributed by atoms with Gasteiger partial charge in [0, 0.05) is 40.0 Å². The fourth-order valence-corrected chi connectivity index (χ4v) is 3.40. The molecular formula is C22H16ClF2N3O. The van der Waals surface area contributed by atoms with Crippen LogP contribution in [0, 0.1) is 6.92 Å². The number of nitrogens with zero attached hydrogens (tertiary/aromatic N) is 2. The summed E-state index contributed by atoms with van der Waals surface area (Å²) in [6.07, 6.45) is 2.26. The van der Waals surface area contributed by atoms with Crippen molar-refractivity contribution in [2.24, 2.45) is 4.99 Å². The van der Waals surface area contributed by atoms with E-state index in [9.17, 15) is 13.6 Å². The van der Waals surface area contributed by atoms with Crippen molar-refractivity contribution in [1.82, 2.24) is 4.98 Å². The first-order chi connectivity index (χ1) is 13.8. The van der Waals surface area contributed by atoms with E-state index in [0.717, 1.165) is 11.1 Å². The van der Waals surface area contributed by atoms with Crippen molar-refractivity contribution >= 4 is 34.7 Å². The van der Waals surface area contributed by atoms with E-state index >= 15 is 0 Å². The standard InChI is InChI=1S/C22H16ClF2N3O/c1-13-9-14-10-19(28-20(14)26-12-13)17-11-16(7-8-18(17)23)27-21(29)22(24,25)15-5-3-2-4-6-15/h2-9,11-12H,10H2,1H3,(H,27,29). The summed E-state index contributed by atoms with van der Waals surface area (Å²) in [7, 11) is 0. The lowest BCUT2D eigenvalue weighted by atomic mass is 10.0. The number of anilines is 1. The second-order valence-corrected chi connectivity index (χ2v) is 7.23. The molecule has 0 saturated carbocycles. The van der Waals surface area contributed by atoms with Gasteiger partial charge in [-0.2, -0.15) is 8.78 Å². The van der Waals surface area contributed by atoms with Gasteiger partial charge in [0.1, 0.15) is 0 Å². The molecule has 2 heterocycles. The molecule has 0 unspecified atom stereocenters. The number of aromatic nitrogens is 1. The summed E-state index contributed by atoms with van der Waals surface area (Å²) in [6.45, 7) is 1.95. The maximum absolute atomic E-state index is 14.5. The van der Waals surface area contributed by atoms with Crippen LogP contribution in [0.15, 0.2) is 65.8 Å². The fourth-order valence-electron chi connectivity index (χ4n) is 3.17. The van der Waals surface area contributed by atoms with Crippen molar-refractivity contribution in [3.05, 3.63) is 88.1 Å². The van der Waals surface area contributed by atoms with Crippen LogP contribution < -0.4 is 5.32 Å². The van der Waals surface area contributed by atoms with E-state index in [4.69, 9.17) is 11.6 Å². The first kappa shape index (κ1) is 19.2. The van der Waals surface area contributed by atoms with Crippen LogP contribution in [-0.4, -0.2) is 16.6 Å². The van der Waals surface area contributed by atoms with E-state index in [0.29, 0.717) is 28.5 Å². The van der Waals surface area contributed by atoms with E-state index in [2.05, 4.69) is 15.3 Å². The highest BCUT2D eigenvalue weighted by molar-refractivity contribution is 6.34. The molecule has 1 amide bonds. The molecule has 1 aliphatic heterocycles. The second-order valence-electron chi connectivity index (χ2n) is 6.82. The molecule has 29 heavy (non-hydrogen) atoms. The maximum Gasteiger partial charge on any atom is 0.350 e. The number of carbonyl (C=O) groups excluding carboxylic acids is 1. The van der Waals surface area contributed by atoms with Crippen molar-refractivity contribution in [3.63, 3.8) is 0 Å². The largest absolute Gasteiger partial charge is 0.350 e. The summed E-state index contributed by atoms with van der Waals surface area (Å²) < 4.78 is 28.9. The molecule has 0 atom stereocenters. The number of amides is 1. The molecule has 1 aliphatic rings. The third-order valence-corrected chi connectivity index (χ3v) is 4.96. The van der Waals surface area contributed by atoms with Gasteiger partial charge in [-0.15, -0.1) is 0 Å². The van der Waals surface area contributed by atoms with E-state index in [1.807, 2.05) is 13.0 Å². The molecule has 0 fully saturated rings. The smallest absolute Gasteiger partial charge is 0.321 e. The molecule has 7 heteroatoms. The zero-order valence-corrected chi connectivity index (χ0v) is 16.2. The van der Waals surface area contributed by atoms with Gasteiger partial charge < -0.3 is 5.32 Å². The average molecular weight is 412 g/mol. The molecule has 0 saturated heterocycles. The van der Waals surface area contributed by atoms with Gasteiger partial charge in [-0.25, -0.2) is 9.98 Å². The van der Waals surface area contributed by atoms with Crippen molar-refractivity contribution in [1.29, 1.82) is 0 Å². The summed E-state index contributed by atoms with van der Waals surface area (Å²) in [5.41, 5.74) is 3.09. The molecule has 4 nitrogen and oxygen atoms in total. The van der Waals surface area contributed by atoms with Gasteiger partial charge in [-0.1, -0.05) is 48.0 Å². The third kappa shape index (κ3) is 3.76. The first-order valence-corrected chi connectivity index (χ1v) is 9.30. The molecule has 2 aromatic carbocycles. The van der Waals surface area contributed by atoms with Crippen LogP contribution in [0.25, 0.3) is 0 Å². The molecular weight excluding hydrogens is 396 g/mol. The van der Waals surface area contributed by atoms with Gasteiger partial charge in [0.25, 0.3) is 5.91 Å². The molecule has 0 bridgehead atoms. The van der Waals surface area contributed by atoms with E-state index in [-0.39, 0.29) is 11.3 Å². The lowest BCUT2D eigenvalue weighted by Crippen LogP contribution is -2.32. The number of pyridine rings is 1. The third-order valence-electron chi connectivity index (χ3n) is 4.63. The van der Waals surface area contributed by atoms with Crippen LogP contribution in [0.5, 0.6) is 0 Å². The number of benzene rings is 2. The van der Waals surface area contributed by atoms with Crippen LogP contribution in [0.1, 0.15) is 22.3 Å². The van der Waals surface area contributed by atoms with Crippen LogP contribution in [0.3, 0.4) is 0 Å². The van der Waals surface area contributed by atoms with Crippen LogP contribution in [0.4, 0.5) is 20.3 Å². The lowest BCUT2D eigenvalue weighted by Gasteiger charge is -2.17. The Kier molecular flexibility index (Phi) is 4.88. The van der Waals surface area contributed by atoms with E-state index in [1.165, 1.54) is 30.3 Å². The van der Waals surface area contributed by atoms with Gasteiger partial charge >= 0.3 is 5.92 Å². The monoisotopic (exact) mass is 411 g/mol. The summed E-state index contributed by atoms with van der Waals surface area (Å²) in [6, 6.07) is 13.5. The number of hydrogen-bond donors (Lipinski definition) is 1. The molecule has 1 aromatic heterocycles. The number of fused-ring (bicyclic) bond motifs is 1. The minimum absolute atomic E-state index is 0.216. The Morgan fingerprint density at radius 2 is 1.90 bits per heavy atom. The van der Waals surface area contributed by atoms with Crippen LogP contribution >= 0.6 is 11.6 Å². The Morgan fingerprint density at radius 3 is 2.66 bits per heavy atom. The fraction of sp³-hybridized carbons (Fsp3) is 0.136. The number of halogens is 3. The number of aliphatic imine (C=N–C) groups is 1. The number of nitrogens with one attached hydrogen (secondary N) is 1. The Balaban J connectivity index is 1.59. The number of rotatable bonds is 4. The SMILES string of the molecule is Cc1cnc2c(c1)CC(c1cc(NC(=O)C(F)(F)c3ccccc3)ccc1Cl)=N2. The predicted octanol–water partition coefficient (Wildman–Crippen LogP) is 5.45. The molecule has 0 radical (unpaired) electrons. The minimum atomic E-state index is -3.66. The van der Waals surface area contributed by atoms with Gasteiger partial charge in [0.15, 0.2) is 5.82 Å². The maximum atomic E-state index is 14.5. The quantitative estimate of drug-likeness (QED) is 0.620. The molecule has 4 rings (SSSR count). The summed E-state index contributed by atoms with van der Waals surface area (Å²) in [5, 5.41) is 2.70. The van der Waals surface area contributed by atoms with Crippen molar-refractivity contribution in [3.8, 4) is 0 Å². The lowest BCUT2D eigenvalue weighted by molar-refractivity contribution is -0.140. The van der Waals surface area contributed by atoms with Gasteiger partial charge in [-0.05, 0) is 30.7 Å². The van der Waals surface area contributed by atoms with Crippen molar-refractivity contribution in [2.45, 2.75) is 19.3 Å². The number of aryl methyl sites for hydroxylation is 1. The highest BCUT2D eigenvalue weighted by Crippen LogP contribution is 2.33. The normalized spacial score (nSPS) is 13.0. The zero-order chi connectivity index (χ0) is 20.6. The zero-order valence-electron chi connectivity index (χ0n) is 15.4.